The highest BCUT2D eigenvalue weighted by Gasteiger charge is 2.29. The molecular formula is C16H25FN2. The van der Waals surface area contributed by atoms with Crippen molar-refractivity contribution in [3.05, 3.63) is 29.6 Å². The van der Waals surface area contributed by atoms with Gasteiger partial charge in [0.1, 0.15) is 5.82 Å². The van der Waals surface area contributed by atoms with E-state index in [2.05, 4.69) is 25.8 Å². The van der Waals surface area contributed by atoms with Crippen LogP contribution in [-0.4, -0.2) is 18.0 Å². The molecule has 0 saturated heterocycles. The molecule has 2 N–H and O–H groups in total. The number of rotatable bonds is 3. The summed E-state index contributed by atoms with van der Waals surface area (Å²) in [6.45, 7) is 5.26. The third-order valence-electron chi connectivity index (χ3n) is 4.49. The summed E-state index contributed by atoms with van der Waals surface area (Å²) in [6.07, 6.45) is 4.87. The first-order valence-corrected chi connectivity index (χ1v) is 7.12. The Morgan fingerprint density at radius 1 is 1.32 bits per heavy atom. The van der Waals surface area contributed by atoms with Gasteiger partial charge in [-0.1, -0.05) is 19.9 Å². The average molecular weight is 264 g/mol. The number of nitrogens with zero attached hydrogens (tertiary/aromatic N) is 1. The summed E-state index contributed by atoms with van der Waals surface area (Å²) in [7, 11) is 2.08. The standard InChI is InChI=1S/C16H25FN2/c1-16(2)9-7-12(8-10-16)19(3)11-13-14(17)5-4-6-15(13)18/h4-6,12H,7-11,18H2,1-3H3. The largest absolute Gasteiger partial charge is 0.398 e. The molecule has 1 saturated carbocycles. The zero-order valence-corrected chi connectivity index (χ0v) is 12.2. The van der Waals surface area contributed by atoms with Crippen LogP contribution in [0.1, 0.15) is 45.1 Å². The number of nitrogens with two attached hydrogens (primary N) is 1. The molecule has 106 valence electrons. The average Bonchev–Trinajstić information content (AvgIpc) is 2.33. The van der Waals surface area contributed by atoms with Crippen LogP contribution in [0.5, 0.6) is 0 Å². The topological polar surface area (TPSA) is 29.3 Å². The molecule has 1 fully saturated rings. The van der Waals surface area contributed by atoms with E-state index >= 15 is 0 Å². The first-order valence-electron chi connectivity index (χ1n) is 7.12. The number of hydrogen-bond acceptors (Lipinski definition) is 2. The van der Waals surface area contributed by atoms with Crippen LogP contribution in [0.25, 0.3) is 0 Å². The lowest BCUT2D eigenvalue weighted by atomic mass is 9.75. The van der Waals surface area contributed by atoms with Gasteiger partial charge < -0.3 is 5.73 Å². The van der Waals surface area contributed by atoms with Crippen molar-refractivity contribution < 1.29 is 4.39 Å². The fraction of sp³-hybridized carbons (Fsp3) is 0.625. The molecule has 0 radical (unpaired) electrons. The third-order valence-corrected chi connectivity index (χ3v) is 4.49. The summed E-state index contributed by atoms with van der Waals surface area (Å²) in [5.74, 6) is -0.192. The second-order valence-corrected chi connectivity index (χ2v) is 6.62. The zero-order chi connectivity index (χ0) is 14.0. The number of nitrogen functional groups attached to an aromatic ring is 1. The molecule has 2 rings (SSSR count). The number of benzene rings is 1. The normalized spacial score (nSPS) is 19.8. The Kier molecular flexibility index (Phi) is 4.14. The Bertz CT molecular complexity index is 412. The van der Waals surface area contributed by atoms with Crippen LogP contribution < -0.4 is 5.73 Å². The smallest absolute Gasteiger partial charge is 0.129 e. The predicted molar refractivity (Wildman–Crippen MR) is 78.3 cm³/mol. The summed E-state index contributed by atoms with van der Waals surface area (Å²) in [4.78, 5) is 2.25. The zero-order valence-electron chi connectivity index (χ0n) is 12.2. The summed E-state index contributed by atoms with van der Waals surface area (Å²) in [6, 6.07) is 5.48. The molecule has 0 bridgehead atoms. The second-order valence-electron chi connectivity index (χ2n) is 6.62. The predicted octanol–water partition coefficient (Wildman–Crippen LogP) is 3.81. The van der Waals surface area contributed by atoms with Crippen LogP contribution in [0.15, 0.2) is 18.2 Å². The summed E-state index contributed by atoms with van der Waals surface area (Å²) in [5, 5.41) is 0. The fourth-order valence-corrected chi connectivity index (χ4v) is 2.95. The maximum Gasteiger partial charge on any atom is 0.129 e. The minimum atomic E-state index is -0.192. The van der Waals surface area contributed by atoms with E-state index in [1.165, 1.54) is 31.7 Å². The fourth-order valence-electron chi connectivity index (χ4n) is 2.95. The van der Waals surface area contributed by atoms with Gasteiger partial charge in [-0.15, -0.1) is 0 Å². The van der Waals surface area contributed by atoms with Crippen LogP contribution in [0.3, 0.4) is 0 Å². The minimum Gasteiger partial charge on any atom is -0.398 e. The summed E-state index contributed by atoms with van der Waals surface area (Å²) in [5.41, 5.74) is 7.53. The lowest BCUT2D eigenvalue weighted by Crippen LogP contribution is -2.37. The summed E-state index contributed by atoms with van der Waals surface area (Å²) < 4.78 is 13.8. The van der Waals surface area contributed by atoms with E-state index in [0.717, 1.165) is 0 Å². The van der Waals surface area contributed by atoms with Crippen molar-refractivity contribution in [3.63, 3.8) is 0 Å². The first-order chi connectivity index (χ1) is 8.89. The van der Waals surface area contributed by atoms with Gasteiger partial charge in [0.25, 0.3) is 0 Å². The molecular weight excluding hydrogens is 239 g/mol. The highest BCUT2D eigenvalue weighted by molar-refractivity contribution is 5.47. The van der Waals surface area contributed by atoms with Gasteiger partial charge in [-0.2, -0.15) is 0 Å². The van der Waals surface area contributed by atoms with Crippen molar-refractivity contribution in [2.75, 3.05) is 12.8 Å². The van der Waals surface area contributed by atoms with Gasteiger partial charge in [0.15, 0.2) is 0 Å². The Morgan fingerprint density at radius 2 is 1.95 bits per heavy atom. The van der Waals surface area contributed by atoms with Crippen molar-refractivity contribution >= 4 is 5.69 Å². The lowest BCUT2D eigenvalue weighted by Gasteiger charge is -2.38. The molecule has 0 atom stereocenters. The Morgan fingerprint density at radius 3 is 2.53 bits per heavy atom. The molecule has 2 nitrogen and oxygen atoms in total. The highest BCUT2D eigenvalue weighted by Crippen LogP contribution is 2.37. The van der Waals surface area contributed by atoms with Gasteiger partial charge in [0, 0.05) is 23.8 Å². The molecule has 0 heterocycles. The van der Waals surface area contributed by atoms with Gasteiger partial charge >= 0.3 is 0 Å². The van der Waals surface area contributed by atoms with E-state index < -0.39 is 0 Å². The van der Waals surface area contributed by atoms with Crippen molar-refractivity contribution in [1.82, 2.24) is 4.90 Å². The van der Waals surface area contributed by atoms with Gasteiger partial charge in [0.2, 0.25) is 0 Å². The maximum atomic E-state index is 13.8. The third kappa shape index (κ3) is 3.47. The van der Waals surface area contributed by atoms with Gasteiger partial charge in [-0.3, -0.25) is 4.90 Å². The Hall–Kier alpha value is -1.09. The van der Waals surface area contributed by atoms with Gasteiger partial charge in [-0.05, 0) is 50.3 Å². The quantitative estimate of drug-likeness (QED) is 0.841. The van der Waals surface area contributed by atoms with Crippen LogP contribution in [0.2, 0.25) is 0 Å². The Labute approximate surface area is 115 Å². The molecule has 0 unspecified atom stereocenters. The maximum absolute atomic E-state index is 13.8. The molecule has 1 aliphatic carbocycles. The van der Waals surface area contributed by atoms with Crippen molar-refractivity contribution in [2.45, 2.75) is 52.1 Å². The minimum absolute atomic E-state index is 0.192. The number of halogens is 1. The van der Waals surface area contributed by atoms with E-state index in [1.807, 2.05) is 0 Å². The van der Waals surface area contributed by atoms with Crippen LogP contribution >= 0.6 is 0 Å². The Balaban J connectivity index is 2.00. The number of anilines is 1. The van der Waals surface area contributed by atoms with Crippen molar-refractivity contribution in [1.29, 1.82) is 0 Å². The monoisotopic (exact) mass is 264 g/mol. The molecule has 0 amide bonds. The lowest BCUT2D eigenvalue weighted by molar-refractivity contribution is 0.122. The molecule has 1 aromatic carbocycles. The first kappa shape index (κ1) is 14.3. The van der Waals surface area contributed by atoms with Crippen molar-refractivity contribution in [3.8, 4) is 0 Å². The molecule has 19 heavy (non-hydrogen) atoms. The van der Waals surface area contributed by atoms with Crippen LogP contribution in [0.4, 0.5) is 10.1 Å². The van der Waals surface area contributed by atoms with Crippen LogP contribution in [0, 0.1) is 11.2 Å². The second kappa shape index (κ2) is 5.49. The van der Waals surface area contributed by atoms with E-state index in [4.69, 9.17) is 5.73 Å². The molecule has 0 aromatic heterocycles. The van der Waals surface area contributed by atoms with Crippen molar-refractivity contribution in [2.24, 2.45) is 5.41 Å². The van der Waals surface area contributed by atoms with E-state index in [0.29, 0.717) is 29.3 Å². The SMILES string of the molecule is CN(Cc1c(N)cccc1F)C1CCC(C)(C)CC1. The highest BCUT2D eigenvalue weighted by atomic mass is 19.1. The molecule has 1 aromatic rings. The molecule has 3 heteroatoms. The molecule has 0 aliphatic heterocycles. The van der Waals surface area contributed by atoms with Gasteiger partial charge in [0.05, 0.1) is 0 Å². The summed E-state index contributed by atoms with van der Waals surface area (Å²) >= 11 is 0. The van der Waals surface area contributed by atoms with Crippen LogP contribution in [-0.2, 0) is 6.54 Å². The van der Waals surface area contributed by atoms with E-state index in [-0.39, 0.29) is 5.82 Å². The van der Waals surface area contributed by atoms with Gasteiger partial charge in [-0.25, -0.2) is 4.39 Å². The van der Waals surface area contributed by atoms with E-state index in [9.17, 15) is 4.39 Å². The molecule has 0 spiro atoms. The molecule has 1 aliphatic rings. The van der Waals surface area contributed by atoms with E-state index in [1.54, 1.807) is 12.1 Å². The number of hydrogen-bond donors (Lipinski definition) is 1.